The molecule has 1 N–H and O–H groups in total. The van der Waals surface area contributed by atoms with Crippen LogP contribution in [0, 0.1) is 0 Å². The monoisotopic (exact) mass is 236 g/mol. The van der Waals surface area contributed by atoms with Gasteiger partial charge in [0, 0.05) is 18.8 Å². The highest BCUT2D eigenvalue weighted by Crippen LogP contribution is 2.11. The molecule has 1 heterocycles. The van der Waals surface area contributed by atoms with E-state index in [-0.39, 0.29) is 5.69 Å². The van der Waals surface area contributed by atoms with Crippen LogP contribution in [0.5, 0.6) is 0 Å². The van der Waals surface area contributed by atoms with Crippen molar-refractivity contribution in [3.05, 3.63) is 29.6 Å². The Morgan fingerprint density at radius 1 is 1.47 bits per heavy atom. The standard InChI is InChI=1S/C13H20N2O2/c1-4-11(5-2)15(3)9-10-6-7-14-12(8-10)13(16)17/h6-8,11H,4-5,9H2,1-3H3,(H,16,17). The first-order valence-corrected chi connectivity index (χ1v) is 5.96. The van der Waals surface area contributed by atoms with Gasteiger partial charge >= 0.3 is 5.97 Å². The van der Waals surface area contributed by atoms with Crippen LogP contribution in [0.3, 0.4) is 0 Å². The Morgan fingerprint density at radius 3 is 2.65 bits per heavy atom. The number of hydrogen-bond donors (Lipinski definition) is 1. The summed E-state index contributed by atoms with van der Waals surface area (Å²) in [4.78, 5) is 16.9. The number of aromatic carboxylic acids is 1. The SMILES string of the molecule is CCC(CC)N(C)Cc1ccnc(C(=O)O)c1. The second-order valence-corrected chi connectivity index (χ2v) is 4.24. The van der Waals surface area contributed by atoms with Crippen molar-refractivity contribution >= 4 is 5.97 Å². The molecule has 0 unspecified atom stereocenters. The minimum atomic E-state index is -0.975. The van der Waals surface area contributed by atoms with E-state index in [0.717, 1.165) is 24.9 Å². The van der Waals surface area contributed by atoms with E-state index >= 15 is 0 Å². The van der Waals surface area contributed by atoms with Crippen molar-refractivity contribution in [3.8, 4) is 0 Å². The Labute approximate surface area is 102 Å². The molecule has 0 bridgehead atoms. The summed E-state index contributed by atoms with van der Waals surface area (Å²) >= 11 is 0. The first kappa shape index (κ1) is 13.6. The molecule has 1 rings (SSSR count). The number of rotatable bonds is 6. The largest absolute Gasteiger partial charge is 0.477 e. The lowest BCUT2D eigenvalue weighted by Gasteiger charge is -2.26. The number of carbonyl (C=O) groups is 1. The quantitative estimate of drug-likeness (QED) is 0.824. The minimum Gasteiger partial charge on any atom is -0.477 e. The molecule has 1 aromatic heterocycles. The van der Waals surface area contributed by atoms with Gasteiger partial charge in [0.2, 0.25) is 0 Å². The van der Waals surface area contributed by atoms with Gasteiger partial charge in [0.25, 0.3) is 0 Å². The van der Waals surface area contributed by atoms with E-state index in [4.69, 9.17) is 5.11 Å². The molecular weight excluding hydrogens is 216 g/mol. The van der Waals surface area contributed by atoms with Crippen molar-refractivity contribution in [2.75, 3.05) is 7.05 Å². The molecule has 94 valence electrons. The van der Waals surface area contributed by atoms with Crippen LogP contribution >= 0.6 is 0 Å². The molecule has 0 amide bonds. The number of nitrogens with zero attached hydrogens (tertiary/aromatic N) is 2. The van der Waals surface area contributed by atoms with Crippen molar-refractivity contribution in [1.29, 1.82) is 0 Å². The lowest BCUT2D eigenvalue weighted by atomic mass is 10.1. The van der Waals surface area contributed by atoms with Crippen molar-refractivity contribution in [3.63, 3.8) is 0 Å². The zero-order valence-electron chi connectivity index (χ0n) is 10.7. The predicted molar refractivity (Wildman–Crippen MR) is 67.0 cm³/mol. The summed E-state index contributed by atoms with van der Waals surface area (Å²) in [5.74, 6) is -0.975. The van der Waals surface area contributed by atoms with Gasteiger partial charge in [-0.15, -0.1) is 0 Å². The fourth-order valence-electron chi connectivity index (χ4n) is 2.02. The summed E-state index contributed by atoms with van der Waals surface area (Å²) in [7, 11) is 2.07. The number of hydrogen-bond acceptors (Lipinski definition) is 3. The Balaban J connectivity index is 2.74. The molecule has 0 aromatic carbocycles. The number of pyridine rings is 1. The summed E-state index contributed by atoms with van der Waals surface area (Å²) in [5, 5.41) is 8.87. The first-order chi connectivity index (χ1) is 8.08. The molecule has 0 aliphatic heterocycles. The molecule has 0 spiro atoms. The molecule has 0 radical (unpaired) electrons. The second-order valence-electron chi connectivity index (χ2n) is 4.24. The Hall–Kier alpha value is -1.42. The molecule has 0 saturated heterocycles. The van der Waals surface area contributed by atoms with Gasteiger partial charge in [0.05, 0.1) is 0 Å². The molecule has 0 aliphatic rings. The van der Waals surface area contributed by atoms with Crippen LogP contribution in [0.2, 0.25) is 0 Å². The number of carboxylic acid groups (broad SMARTS) is 1. The summed E-state index contributed by atoms with van der Waals surface area (Å²) in [5.41, 5.74) is 1.10. The van der Waals surface area contributed by atoms with E-state index < -0.39 is 5.97 Å². The average Bonchev–Trinajstić information content (AvgIpc) is 2.30. The zero-order valence-corrected chi connectivity index (χ0v) is 10.7. The summed E-state index contributed by atoms with van der Waals surface area (Å²) in [6.07, 6.45) is 3.76. The topological polar surface area (TPSA) is 53.4 Å². The van der Waals surface area contributed by atoms with E-state index in [9.17, 15) is 4.79 Å². The Kier molecular flexibility index (Phi) is 5.10. The fourth-order valence-corrected chi connectivity index (χ4v) is 2.02. The minimum absolute atomic E-state index is 0.112. The third-order valence-corrected chi connectivity index (χ3v) is 3.04. The van der Waals surface area contributed by atoms with Crippen molar-refractivity contribution in [2.45, 2.75) is 39.3 Å². The van der Waals surface area contributed by atoms with Gasteiger partial charge in [0.1, 0.15) is 5.69 Å². The Morgan fingerprint density at radius 2 is 2.12 bits per heavy atom. The fraction of sp³-hybridized carbons (Fsp3) is 0.538. The van der Waals surface area contributed by atoms with Crippen LogP contribution in [0.25, 0.3) is 0 Å². The predicted octanol–water partition coefficient (Wildman–Crippen LogP) is 2.40. The zero-order chi connectivity index (χ0) is 12.8. The van der Waals surface area contributed by atoms with E-state index in [1.807, 2.05) is 6.07 Å². The maximum atomic E-state index is 10.8. The second kappa shape index (κ2) is 6.35. The molecule has 0 saturated carbocycles. The van der Waals surface area contributed by atoms with Crippen LogP contribution < -0.4 is 0 Å². The van der Waals surface area contributed by atoms with E-state index in [2.05, 4.69) is 30.8 Å². The van der Waals surface area contributed by atoms with Gasteiger partial charge in [-0.3, -0.25) is 4.90 Å². The van der Waals surface area contributed by atoms with E-state index in [0.29, 0.717) is 6.04 Å². The van der Waals surface area contributed by atoms with Crippen LogP contribution in [-0.4, -0.2) is 34.0 Å². The highest BCUT2D eigenvalue weighted by Gasteiger charge is 2.12. The van der Waals surface area contributed by atoms with Crippen LogP contribution in [-0.2, 0) is 6.54 Å². The molecule has 0 aliphatic carbocycles. The van der Waals surface area contributed by atoms with Gasteiger partial charge in [-0.25, -0.2) is 9.78 Å². The number of aromatic nitrogens is 1. The molecule has 0 atom stereocenters. The Bertz CT molecular complexity index is 375. The molecular formula is C13H20N2O2. The smallest absolute Gasteiger partial charge is 0.354 e. The van der Waals surface area contributed by atoms with Crippen LogP contribution in [0.4, 0.5) is 0 Å². The maximum Gasteiger partial charge on any atom is 0.354 e. The molecule has 1 aromatic rings. The number of carboxylic acids is 1. The van der Waals surface area contributed by atoms with Crippen molar-refractivity contribution in [1.82, 2.24) is 9.88 Å². The third-order valence-electron chi connectivity index (χ3n) is 3.04. The maximum absolute atomic E-state index is 10.8. The van der Waals surface area contributed by atoms with Crippen LogP contribution in [0.15, 0.2) is 18.3 Å². The summed E-state index contributed by atoms with van der Waals surface area (Å²) < 4.78 is 0. The molecule has 0 fully saturated rings. The lowest BCUT2D eigenvalue weighted by Crippen LogP contribution is -2.30. The normalized spacial score (nSPS) is 11.1. The first-order valence-electron chi connectivity index (χ1n) is 5.96. The van der Waals surface area contributed by atoms with Gasteiger partial charge in [-0.2, -0.15) is 0 Å². The van der Waals surface area contributed by atoms with Crippen molar-refractivity contribution < 1.29 is 9.90 Å². The lowest BCUT2D eigenvalue weighted by molar-refractivity contribution is 0.0690. The highest BCUT2D eigenvalue weighted by atomic mass is 16.4. The summed E-state index contributed by atoms with van der Waals surface area (Å²) in [6, 6.07) is 4.04. The third kappa shape index (κ3) is 3.82. The molecule has 4 heteroatoms. The average molecular weight is 236 g/mol. The molecule has 17 heavy (non-hydrogen) atoms. The van der Waals surface area contributed by atoms with E-state index in [1.54, 1.807) is 12.3 Å². The molecule has 4 nitrogen and oxygen atoms in total. The van der Waals surface area contributed by atoms with Gasteiger partial charge in [-0.05, 0) is 37.6 Å². The van der Waals surface area contributed by atoms with Gasteiger partial charge in [0.15, 0.2) is 0 Å². The highest BCUT2D eigenvalue weighted by molar-refractivity contribution is 5.85. The van der Waals surface area contributed by atoms with Crippen LogP contribution in [0.1, 0.15) is 42.7 Å². The van der Waals surface area contributed by atoms with E-state index in [1.165, 1.54) is 0 Å². The summed E-state index contributed by atoms with van der Waals surface area (Å²) in [6.45, 7) is 5.09. The van der Waals surface area contributed by atoms with Crippen molar-refractivity contribution in [2.24, 2.45) is 0 Å². The van der Waals surface area contributed by atoms with Gasteiger partial charge < -0.3 is 5.11 Å². The van der Waals surface area contributed by atoms with Gasteiger partial charge in [-0.1, -0.05) is 13.8 Å².